The topological polar surface area (TPSA) is 129 Å². The van der Waals surface area contributed by atoms with Gasteiger partial charge >= 0.3 is 0 Å². The first kappa shape index (κ1) is 30.4. The number of nitrogens with zero attached hydrogens (tertiary/aromatic N) is 4. The molecule has 5 rings (SSSR count). The van der Waals surface area contributed by atoms with E-state index in [1.165, 1.54) is 55.3 Å². The van der Waals surface area contributed by atoms with E-state index in [0.717, 1.165) is 0 Å². The van der Waals surface area contributed by atoms with Crippen LogP contribution in [-0.4, -0.2) is 93.7 Å². The van der Waals surface area contributed by atoms with Crippen molar-refractivity contribution in [1.29, 1.82) is 0 Å². The van der Waals surface area contributed by atoms with Crippen molar-refractivity contribution >= 4 is 35.0 Å². The number of β-amino-alcohol motifs (C(OH)–C–C–N with tert-alkyl or cyclic N) is 1. The highest BCUT2D eigenvalue weighted by Crippen LogP contribution is 2.30. The fourth-order valence-corrected chi connectivity index (χ4v) is 5.60. The van der Waals surface area contributed by atoms with Crippen molar-refractivity contribution in [2.45, 2.75) is 25.0 Å². The second kappa shape index (κ2) is 11.9. The summed E-state index contributed by atoms with van der Waals surface area (Å²) in [6.07, 6.45) is 1.60. The van der Waals surface area contributed by atoms with Gasteiger partial charge in [-0.25, -0.2) is 9.37 Å². The van der Waals surface area contributed by atoms with Crippen LogP contribution in [0, 0.1) is 11.6 Å². The minimum absolute atomic E-state index is 0.0641. The molecule has 2 aliphatic rings. The molecule has 228 valence electrons. The number of anilines is 1. The van der Waals surface area contributed by atoms with Crippen LogP contribution in [0.15, 0.2) is 36.5 Å². The highest BCUT2D eigenvalue weighted by atomic mass is 35.5. The molecule has 3 amide bonds. The van der Waals surface area contributed by atoms with Gasteiger partial charge in [0.1, 0.15) is 0 Å². The van der Waals surface area contributed by atoms with Gasteiger partial charge in [-0.3, -0.25) is 14.4 Å². The number of carbonyl (C=O) groups is 3. The fourth-order valence-electron chi connectivity index (χ4n) is 5.33. The van der Waals surface area contributed by atoms with Crippen LogP contribution in [0.5, 0.6) is 5.75 Å². The van der Waals surface area contributed by atoms with Gasteiger partial charge in [0.15, 0.2) is 17.4 Å². The average Bonchev–Trinajstić information content (AvgIpc) is 3.55. The first-order valence-electron chi connectivity index (χ1n) is 13.6. The van der Waals surface area contributed by atoms with E-state index in [4.69, 9.17) is 16.3 Å². The van der Waals surface area contributed by atoms with Gasteiger partial charge in [-0.1, -0.05) is 11.6 Å². The van der Waals surface area contributed by atoms with E-state index in [2.05, 4.69) is 15.6 Å². The average molecular weight is 617 g/mol. The van der Waals surface area contributed by atoms with Gasteiger partial charge in [-0.2, -0.15) is 4.39 Å². The molecule has 3 aromatic rings. The lowest BCUT2D eigenvalue weighted by molar-refractivity contribution is -0.134. The van der Waals surface area contributed by atoms with E-state index >= 15 is 0 Å². The summed E-state index contributed by atoms with van der Waals surface area (Å²) in [5.41, 5.74) is -0.293. The fraction of sp³-hybridized carbons (Fsp3) is 0.379. The van der Waals surface area contributed by atoms with E-state index in [0.29, 0.717) is 44.8 Å². The number of methoxy groups -OCH3 is 1. The predicted molar refractivity (Wildman–Crippen MR) is 154 cm³/mol. The molecule has 2 atom stereocenters. The maximum absolute atomic E-state index is 14.6. The minimum atomic E-state index is -1.15. The van der Waals surface area contributed by atoms with Gasteiger partial charge in [0.05, 0.1) is 41.2 Å². The molecule has 2 aromatic carbocycles. The molecule has 0 spiro atoms. The summed E-state index contributed by atoms with van der Waals surface area (Å²) in [6.45, 7) is 3.40. The molecule has 2 aliphatic heterocycles. The van der Waals surface area contributed by atoms with Gasteiger partial charge in [0.2, 0.25) is 11.7 Å². The molecule has 0 aliphatic carbocycles. The monoisotopic (exact) mass is 616 g/mol. The smallest absolute Gasteiger partial charge is 0.291 e. The van der Waals surface area contributed by atoms with Gasteiger partial charge in [0.25, 0.3) is 11.8 Å². The molecule has 0 radical (unpaired) electrons. The third-order valence-electron chi connectivity index (χ3n) is 7.74. The number of halogens is 3. The SMILES string of the molecule is COc1ccc(-c2cnc(C(=O)Nc3ccc(C(=O)N4CCN(C(=O)[C@@H]5C[C@](C)(O)CN5)CC4)c(Cl)c3)n2C)c(F)c1F. The van der Waals surface area contributed by atoms with Crippen LogP contribution in [-0.2, 0) is 11.8 Å². The summed E-state index contributed by atoms with van der Waals surface area (Å²) >= 11 is 6.43. The van der Waals surface area contributed by atoms with Gasteiger partial charge in [0, 0.05) is 57.4 Å². The molecule has 3 heterocycles. The number of amides is 3. The molecule has 11 nitrogen and oxygen atoms in total. The lowest BCUT2D eigenvalue weighted by atomic mass is 10.0. The Balaban J connectivity index is 1.21. The molecule has 0 saturated carbocycles. The molecule has 43 heavy (non-hydrogen) atoms. The van der Waals surface area contributed by atoms with Crippen LogP contribution < -0.4 is 15.4 Å². The van der Waals surface area contributed by atoms with Crippen molar-refractivity contribution in [3.05, 3.63) is 64.6 Å². The van der Waals surface area contributed by atoms with Crippen LogP contribution in [0.25, 0.3) is 11.3 Å². The number of hydrogen-bond acceptors (Lipinski definition) is 7. The largest absolute Gasteiger partial charge is 0.494 e. The summed E-state index contributed by atoms with van der Waals surface area (Å²) in [7, 11) is 2.72. The zero-order valence-corrected chi connectivity index (χ0v) is 24.5. The molecule has 3 N–H and O–H groups in total. The van der Waals surface area contributed by atoms with Crippen molar-refractivity contribution in [3.63, 3.8) is 0 Å². The van der Waals surface area contributed by atoms with E-state index in [1.807, 2.05) is 0 Å². The number of aromatic nitrogens is 2. The van der Waals surface area contributed by atoms with E-state index in [-0.39, 0.29) is 45.2 Å². The molecule has 2 fully saturated rings. The van der Waals surface area contributed by atoms with E-state index in [9.17, 15) is 28.3 Å². The third-order valence-corrected chi connectivity index (χ3v) is 8.05. The quantitative estimate of drug-likeness (QED) is 0.388. The molecular weight excluding hydrogens is 586 g/mol. The second-order valence-corrected chi connectivity index (χ2v) is 11.3. The summed E-state index contributed by atoms with van der Waals surface area (Å²) in [5, 5.41) is 16.0. The molecule has 2 saturated heterocycles. The number of rotatable bonds is 6. The highest BCUT2D eigenvalue weighted by Gasteiger charge is 2.39. The van der Waals surface area contributed by atoms with Crippen LogP contribution in [0.4, 0.5) is 14.5 Å². The zero-order valence-electron chi connectivity index (χ0n) is 23.8. The molecule has 1 aromatic heterocycles. The van der Waals surface area contributed by atoms with Crippen molar-refractivity contribution in [2.24, 2.45) is 7.05 Å². The Kier molecular flexibility index (Phi) is 8.41. The molecular formula is C29H31ClF2N6O5. The maximum Gasteiger partial charge on any atom is 0.291 e. The van der Waals surface area contributed by atoms with Gasteiger partial charge < -0.3 is 34.8 Å². The Hall–Kier alpha value is -4.07. The molecule has 0 bridgehead atoms. The standard InChI is InChI=1S/C29H31ClF2N6O5/c1-29(42)13-20(34-15-29)28(41)38-10-8-37(9-11-38)27(40)17-5-4-16(12-19(17)30)35-26(39)25-33-14-21(36(25)2)18-6-7-22(43-3)24(32)23(18)31/h4-7,12,14,20,34,42H,8-11,13,15H2,1-3H3,(H,35,39)/t20-,29-/m0/s1. The Morgan fingerprint density at radius 1 is 1.12 bits per heavy atom. The maximum atomic E-state index is 14.6. The lowest BCUT2D eigenvalue weighted by Crippen LogP contribution is -2.54. The van der Waals surface area contributed by atoms with Crippen molar-refractivity contribution in [3.8, 4) is 17.0 Å². The number of imidazole rings is 1. The summed E-state index contributed by atoms with van der Waals surface area (Å²) in [5.74, 6) is -3.62. The number of carbonyl (C=O) groups excluding carboxylic acids is 3. The van der Waals surface area contributed by atoms with Crippen LogP contribution in [0.3, 0.4) is 0 Å². The highest BCUT2D eigenvalue weighted by molar-refractivity contribution is 6.34. The predicted octanol–water partition coefficient (Wildman–Crippen LogP) is 2.68. The van der Waals surface area contributed by atoms with Crippen molar-refractivity contribution in [2.75, 3.05) is 45.2 Å². The van der Waals surface area contributed by atoms with Crippen molar-refractivity contribution < 1.29 is 33.0 Å². The molecule has 14 heteroatoms. The lowest BCUT2D eigenvalue weighted by Gasteiger charge is -2.36. The van der Waals surface area contributed by atoms with Crippen LogP contribution >= 0.6 is 11.6 Å². The van der Waals surface area contributed by atoms with E-state index < -0.39 is 29.2 Å². The summed E-state index contributed by atoms with van der Waals surface area (Å²) < 4.78 is 35.0. The Morgan fingerprint density at radius 3 is 2.44 bits per heavy atom. The van der Waals surface area contributed by atoms with Crippen LogP contribution in [0.2, 0.25) is 5.02 Å². The number of benzene rings is 2. The second-order valence-electron chi connectivity index (χ2n) is 10.9. The Labute approximate surface area is 251 Å². The van der Waals surface area contributed by atoms with E-state index in [1.54, 1.807) is 16.7 Å². The number of hydrogen-bond donors (Lipinski definition) is 3. The number of aliphatic hydroxyl groups is 1. The van der Waals surface area contributed by atoms with Gasteiger partial charge in [-0.05, 0) is 37.3 Å². The zero-order chi connectivity index (χ0) is 31.1. The molecule has 0 unspecified atom stereocenters. The summed E-state index contributed by atoms with van der Waals surface area (Å²) in [6, 6.07) is 6.63. The number of piperazine rings is 1. The number of nitrogens with one attached hydrogen (secondary N) is 2. The Bertz CT molecular complexity index is 1590. The van der Waals surface area contributed by atoms with Gasteiger partial charge in [-0.15, -0.1) is 0 Å². The Morgan fingerprint density at radius 2 is 1.81 bits per heavy atom. The number of ether oxygens (including phenoxy) is 1. The third kappa shape index (κ3) is 6.05. The van der Waals surface area contributed by atoms with Crippen molar-refractivity contribution in [1.82, 2.24) is 24.7 Å². The normalized spacial score (nSPS) is 20.3. The summed E-state index contributed by atoms with van der Waals surface area (Å²) in [4.78, 5) is 46.4. The first-order chi connectivity index (χ1) is 20.4. The minimum Gasteiger partial charge on any atom is -0.494 e. The van der Waals surface area contributed by atoms with Crippen LogP contribution in [0.1, 0.15) is 34.3 Å². The first-order valence-corrected chi connectivity index (χ1v) is 14.0.